The topological polar surface area (TPSA) is 67.4 Å². The van der Waals surface area contributed by atoms with Gasteiger partial charge in [-0.3, -0.25) is 4.79 Å². The summed E-state index contributed by atoms with van der Waals surface area (Å²) in [6, 6.07) is 33.8. The summed E-state index contributed by atoms with van der Waals surface area (Å²) in [7, 11) is 0. The second-order valence-electron chi connectivity index (χ2n) is 8.87. The predicted octanol–water partition coefficient (Wildman–Crippen LogP) is 5.70. The van der Waals surface area contributed by atoms with Gasteiger partial charge in [0, 0.05) is 24.6 Å². The molecule has 0 saturated carbocycles. The average Bonchev–Trinajstić information content (AvgIpc) is 3.25. The SMILES string of the molecule is O=C(NCc1ccc(C(=O)NCCc2ccccc2)cc1)OCC1c2ccccc2-c2ccccc21. The summed E-state index contributed by atoms with van der Waals surface area (Å²) in [5.74, 6) is -0.0789. The van der Waals surface area contributed by atoms with Crippen molar-refractivity contribution in [2.24, 2.45) is 0 Å². The summed E-state index contributed by atoms with van der Waals surface area (Å²) in [6.07, 6.45) is 0.328. The third-order valence-electron chi connectivity index (χ3n) is 6.54. The van der Waals surface area contributed by atoms with Crippen LogP contribution in [0.25, 0.3) is 11.1 Å². The fraction of sp³-hybridized carbons (Fsp3) is 0.161. The maximum absolute atomic E-state index is 12.4. The number of hydrogen-bond donors (Lipinski definition) is 2. The van der Waals surface area contributed by atoms with Crippen molar-refractivity contribution in [1.82, 2.24) is 10.6 Å². The molecule has 0 heterocycles. The summed E-state index contributed by atoms with van der Waals surface area (Å²) < 4.78 is 5.59. The van der Waals surface area contributed by atoms with Gasteiger partial charge in [-0.2, -0.15) is 0 Å². The van der Waals surface area contributed by atoms with Crippen LogP contribution in [0.2, 0.25) is 0 Å². The van der Waals surface area contributed by atoms with Crippen LogP contribution >= 0.6 is 0 Å². The number of rotatable bonds is 8. The predicted molar refractivity (Wildman–Crippen MR) is 141 cm³/mol. The number of benzene rings is 4. The summed E-state index contributed by atoms with van der Waals surface area (Å²) in [6.45, 7) is 1.18. The van der Waals surface area contributed by atoms with Crippen molar-refractivity contribution >= 4 is 12.0 Å². The smallest absolute Gasteiger partial charge is 0.407 e. The van der Waals surface area contributed by atoms with E-state index in [1.165, 1.54) is 27.8 Å². The van der Waals surface area contributed by atoms with E-state index in [1.807, 2.05) is 66.7 Å². The van der Waals surface area contributed by atoms with Crippen molar-refractivity contribution in [3.8, 4) is 11.1 Å². The lowest BCUT2D eigenvalue weighted by molar-refractivity contribution is 0.0954. The Bertz CT molecular complexity index is 1300. The van der Waals surface area contributed by atoms with Crippen LogP contribution in [0.5, 0.6) is 0 Å². The third kappa shape index (κ3) is 5.31. The van der Waals surface area contributed by atoms with Gasteiger partial charge in [-0.05, 0) is 51.9 Å². The highest BCUT2D eigenvalue weighted by molar-refractivity contribution is 5.94. The molecule has 0 fully saturated rings. The van der Waals surface area contributed by atoms with Crippen molar-refractivity contribution in [3.63, 3.8) is 0 Å². The molecule has 0 spiro atoms. The number of fused-ring (bicyclic) bond motifs is 3. The minimum Gasteiger partial charge on any atom is -0.449 e. The van der Waals surface area contributed by atoms with Gasteiger partial charge in [0.2, 0.25) is 0 Å². The van der Waals surface area contributed by atoms with E-state index in [4.69, 9.17) is 4.74 Å². The molecule has 0 unspecified atom stereocenters. The van der Waals surface area contributed by atoms with E-state index in [-0.39, 0.29) is 18.4 Å². The molecule has 4 aromatic rings. The van der Waals surface area contributed by atoms with Crippen LogP contribution in [-0.4, -0.2) is 25.2 Å². The normalized spacial score (nSPS) is 11.9. The number of alkyl carbamates (subject to hydrolysis) is 1. The lowest BCUT2D eigenvalue weighted by Crippen LogP contribution is -2.26. The zero-order valence-corrected chi connectivity index (χ0v) is 19.9. The lowest BCUT2D eigenvalue weighted by atomic mass is 9.98. The number of hydrogen-bond acceptors (Lipinski definition) is 3. The zero-order valence-electron chi connectivity index (χ0n) is 19.9. The number of carbonyl (C=O) groups is 2. The summed E-state index contributed by atoms with van der Waals surface area (Å²) >= 11 is 0. The molecule has 0 bridgehead atoms. The second kappa shape index (κ2) is 10.9. The van der Waals surface area contributed by atoms with E-state index in [0.29, 0.717) is 18.7 Å². The molecule has 0 radical (unpaired) electrons. The van der Waals surface area contributed by atoms with Crippen LogP contribution in [0.4, 0.5) is 4.79 Å². The molecule has 36 heavy (non-hydrogen) atoms. The van der Waals surface area contributed by atoms with Gasteiger partial charge in [-0.15, -0.1) is 0 Å². The van der Waals surface area contributed by atoms with Gasteiger partial charge in [0.1, 0.15) is 6.61 Å². The molecule has 5 rings (SSSR count). The summed E-state index contributed by atoms with van der Waals surface area (Å²) in [5, 5.41) is 5.76. The lowest BCUT2D eigenvalue weighted by Gasteiger charge is -2.14. The zero-order chi connectivity index (χ0) is 24.7. The first-order valence-electron chi connectivity index (χ1n) is 12.2. The second-order valence-corrected chi connectivity index (χ2v) is 8.87. The quantitative estimate of drug-likeness (QED) is 0.343. The summed E-state index contributed by atoms with van der Waals surface area (Å²) in [5.41, 5.74) is 7.44. The number of ether oxygens (including phenoxy) is 1. The van der Waals surface area contributed by atoms with Crippen molar-refractivity contribution in [3.05, 3.63) is 131 Å². The van der Waals surface area contributed by atoms with Gasteiger partial charge in [0.15, 0.2) is 0 Å². The van der Waals surface area contributed by atoms with E-state index < -0.39 is 6.09 Å². The maximum Gasteiger partial charge on any atom is 0.407 e. The Kier molecular flexibility index (Phi) is 7.08. The fourth-order valence-electron chi connectivity index (χ4n) is 4.66. The number of nitrogens with one attached hydrogen (secondary N) is 2. The highest BCUT2D eigenvalue weighted by Crippen LogP contribution is 2.44. The first-order chi connectivity index (χ1) is 17.7. The molecule has 0 saturated heterocycles. The average molecular weight is 477 g/mol. The molecule has 5 nitrogen and oxygen atoms in total. The van der Waals surface area contributed by atoms with Crippen LogP contribution in [0.15, 0.2) is 103 Å². The first kappa shape index (κ1) is 23.4. The minimum atomic E-state index is -0.459. The van der Waals surface area contributed by atoms with E-state index in [9.17, 15) is 9.59 Å². The molecule has 1 aliphatic rings. The standard InChI is InChI=1S/C31H28N2O3/c34-30(32-19-18-22-8-2-1-3-9-22)24-16-14-23(15-17-24)20-33-31(35)36-21-29-27-12-6-4-10-25(27)26-11-5-7-13-28(26)29/h1-17,29H,18-21H2,(H,32,34)(H,33,35). The van der Waals surface area contributed by atoms with Gasteiger partial charge < -0.3 is 15.4 Å². The molecule has 0 atom stereocenters. The molecule has 4 aromatic carbocycles. The third-order valence-corrected chi connectivity index (χ3v) is 6.54. The number of carbonyl (C=O) groups excluding carboxylic acids is 2. The van der Waals surface area contributed by atoms with Gasteiger partial charge in [-0.25, -0.2) is 4.79 Å². The van der Waals surface area contributed by atoms with Gasteiger partial charge in [-0.1, -0.05) is 91.0 Å². The molecular formula is C31H28N2O3. The van der Waals surface area contributed by atoms with E-state index in [1.54, 1.807) is 12.1 Å². The molecule has 0 aromatic heterocycles. The Balaban J connectivity index is 1.09. The molecular weight excluding hydrogens is 448 g/mol. The van der Waals surface area contributed by atoms with Crippen molar-refractivity contribution in [1.29, 1.82) is 0 Å². The Morgan fingerprint density at radius 3 is 1.94 bits per heavy atom. The highest BCUT2D eigenvalue weighted by atomic mass is 16.5. The molecule has 2 N–H and O–H groups in total. The number of amides is 2. The van der Waals surface area contributed by atoms with Crippen LogP contribution in [-0.2, 0) is 17.7 Å². The molecule has 1 aliphatic carbocycles. The van der Waals surface area contributed by atoms with E-state index >= 15 is 0 Å². The molecule has 2 amide bonds. The summed E-state index contributed by atoms with van der Waals surface area (Å²) in [4.78, 5) is 24.8. The largest absolute Gasteiger partial charge is 0.449 e. The molecule has 5 heteroatoms. The van der Waals surface area contributed by atoms with Gasteiger partial charge >= 0.3 is 6.09 Å². The van der Waals surface area contributed by atoms with Gasteiger partial charge in [0.25, 0.3) is 5.91 Å². The first-order valence-corrected chi connectivity index (χ1v) is 12.2. The van der Waals surface area contributed by atoms with Gasteiger partial charge in [0.05, 0.1) is 0 Å². The van der Waals surface area contributed by atoms with Crippen LogP contribution in [0, 0.1) is 0 Å². The fourth-order valence-corrected chi connectivity index (χ4v) is 4.66. The molecule has 0 aliphatic heterocycles. The Hall–Kier alpha value is -4.38. The van der Waals surface area contributed by atoms with Crippen molar-refractivity contribution < 1.29 is 14.3 Å². The van der Waals surface area contributed by atoms with Crippen LogP contribution < -0.4 is 10.6 Å². The Labute approximate surface area is 211 Å². The van der Waals surface area contributed by atoms with Crippen molar-refractivity contribution in [2.45, 2.75) is 18.9 Å². The maximum atomic E-state index is 12.4. The Morgan fingerprint density at radius 1 is 0.667 bits per heavy atom. The monoisotopic (exact) mass is 476 g/mol. The highest BCUT2D eigenvalue weighted by Gasteiger charge is 2.28. The Morgan fingerprint density at radius 2 is 1.28 bits per heavy atom. The van der Waals surface area contributed by atoms with Crippen LogP contribution in [0.1, 0.15) is 38.5 Å². The van der Waals surface area contributed by atoms with Crippen molar-refractivity contribution in [2.75, 3.05) is 13.2 Å². The molecule has 180 valence electrons. The van der Waals surface area contributed by atoms with Crippen LogP contribution in [0.3, 0.4) is 0 Å². The van der Waals surface area contributed by atoms with E-state index in [0.717, 1.165) is 12.0 Å². The minimum absolute atomic E-state index is 0.0304. The van der Waals surface area contributed by atoms with E-state index in [2.05, 4.69) is 34.9 Å².